The maximum absolute atomic E-state index is 5.90. The minimum atomic E-state index is -0.117. The van der Waals surface area contributed by atoms with Crippen LogP contribution in [-0.4, -0.2) is 17.3 Å². The molecule has 2 aromatic heterocycles. The van der Waals surface area contributed by atoms with E-state index in [-0.39, 0.29) is 12.1 Å². The molecule has 0 amide bonds. The number of thiophene rings is 1. The molecule has 0 saturated carbocycles. The first-order chi connectivity index (χ1) is 13.7. The molecule has 2 aromatic carbocycles. The van der Waals surface area contributed by atoms with Gasteiger partial charge in [-0.15, -0.1) is 21.5 Å². The van der Waals surface area contributed by atoms with Gasteiger partial charge in [-0.2, -0.15) is 0 Å². The lowest BCUT2D eigenvalue weighted by Crippen LogP contribution is -2.26. The van der Waals surface area contributed by atoms with E-state index in [1.165, 1.54) is 0 Å². The highest BCUT2D eigenvalue weighted by Crippen LogP contribution is 2.29. The van der Waals surface area contributed by atoms with E-state index in [0.717, 1.165) is 21.8 Å². The third-order valence-electron chi connectivity index (χ3n) is 4.54. The van der Waals surface area contributed by atoms with Crippen LogP contribution < -0.4 is 10.1 Å². The van der Waals surface area contributed by atoms with Crippen molar-refractivity contribution in [3.63, 3.8) is 0 Å². The number of hydrogen-bond donors (Lipinski definition) is 1. The number of nitrogens with one attached hydrogen (secondary N) is 1. The number of methoxy groups -OCH3 is 1. The van der Waals surface area contributed by atoms with Crippen LogP contribution in [0.4, 0.5) is 0 Å². The largest absolute Gasteiger partial charge is 0.497 e. The van der Waals surface area contributed by atoms with Gasteiger partial charge in [0.25, 0.3) is 5.89 Å². The third kappa shape index (κ3) is 3.98. The molecular formula is C22H21N3O2S. The Balaban J connectivity index is 1.60. The molecule has 142 valence electrons. The highest BCUT2D eigenvalue weighted by molar-refractivity contribution is 7.13. The topological polar surface area (TPSA) is 60.2 Å². The average molecular weight is 391 g/mol. The summed E-state index contributed by atoms with van der Waals surface area (Å²) in [5.41, 5.74) is 2.30. The highest BCUT2D eigenvalue weighted by atomic mass is 32.1. The zero-order chi connectivity index (χ0) is 19.3. The molecule has 0 fully saturated rings. The summed E-state index contributed by atoms with van der Waals surface area (Å²) in [6, 6.07) is 22.2. The van der Waals surface area contributed by atoms with Gasteiger partial charge in [0.15, 0.2) is 0 Å². The van der Waals surface area contributed by atoms with Crippen molar-refractivity contribution < 1.29 is 9.15 Å². The van der Waals surface area contributed by atoms with Gasteiger partial charge in [-0.05, 0) is 41.6 Å². The van der Waals surface area contributed by atoms with Crippen molar-refractivity contribution in [2.24, 2.45) is 0 Å². The summed E-state index contributed by atoms with van der Waals surface area (Å²) in [7, 11) is 1.67. The van der Waals surface area contributed by atoms with Gasteiger partial charge < -0.3 is 9.15 Å². The Kier molecular flexibility index (Phi) is 5.50. The Morgan fingerprint density at radius 2 is 1.68 bits per heavy atom. The van der Waals surface area contributed by atoms with Gasteiger partial charge in [0.2, 0.25) is 5.89 Å². The summed E-state index contributed by atoms with van der Waals surface area (Å²) in [4.78, 5) is 0.973. The standard InChI is InChI=1S/C22H21N3O2S/c1-15(21-24-25-22(27-21)19-9-6-14-28-19)23-20(16-7-4-3-5-8-16)17-10-12-18(26-2)13-11-17/h3-15,20,23H,1-2H3. The number of aromatic nitrogens is 2. The van der Waals surface area contributed by atoms with Crippen molar-refractivity contribution in [3.05, 3.63) is 89.1 Å². The Labute approximate surface area is 168 Å². The summed E-state index contributed by atoms with van der Waals surface area (Å²) in [6.45, 7) is 2.03. The van der Waals surface area contributed by atoms with Crippen molar-refractivity contribution in [1.29, 1.82) is 0 Å². The number of rotatable bonds is 7. The molecule has 0 radical (unpaired) electrons. The molecule has 2 heterocycles. The number of hydrogen-bond acceptors (Lipinski definition) is 6. The van der Waals surface area contributed by atoms with Gasteiger partial charge in [-0.25, -0.2) is 0 Å². The predicted molar refractivity (Wildman–Crippen MR) is 110 cm³/mol. The van der Waals surface area contributed by atoms with E-state index < -0.39 is 0 Å². The first kappa shape index (κ1) is 18.4. The molecular weight excluding hydrogens is 370 g/mol. The smallest absolute Gasteiger partial charge is 0.257 e. The summed E-state index contributed by atoms with van der Waals surface area (Å²) >= 11 is 1.58. The molecule has 4 rings (SSSR count). The number of benzene rings is 2. The van der Waals surface area contributed by atoms with Gasteiger partial charge in [-0.3, -0.25) is 5.32 Å². The quantitative estimate of drug-likeness (QED) is 0.466. The Bertz CT molecular complexity index is 998. The second-order valence-corrected chi connectivity index (χ2v) is 7.38. The molecule has 0 aliphatic heterocycles. The molecule has 0 saturated heterocycles. The van der Waals surface area contributed by atoms with E-state index in [0.29, 0.717) is 11.8 Å². The van der Waals surface area contributed by atoms with Crippen LogP contribution in [0.3, 0.4) is 0 Å². The lowest BCUT2D eigenvalue weighted by Gasteiger charge is -2.23. The van der Waals surface area contributed by atoms with Crippen LogP contribution in [0.25, 0.3) is 10.8 Å². The van der Waals surface area contributed by atoms with Crippen LogP contribution in [0.2, 0.25) is 0 Å². The highest BCUT2D eigenvalue weighted by Gasteiger charge is 2.21. The summed E-state index contributed by atoms with van der Waals surface area (Å²) < 4.78 is 11.2. The molecule has 4 aromatic rings. The van der Waals surface area contributed by atoms with Crippen molar-refractivity contribution in [1.82, 2.24) is 15.5 Å². The van der Waals surface area contributed by atoms with Gasteiger partial charge >= 0.3 is 0 Å². The maximum Gasteiger partial charge on any atom is 0.257 e. The van der Waals surface area contributed by atoms with E-state index in [1.807, 2.05) is 54.8 Å². The predicted octanol–water partition coefficient (Wildman–Crippen LogP) is 5.25. The van der Waals surface area contributed by atoms with E-state index in [9.17, 15) is 0 Å². The maximum atomic E-state index is 5.90. The Morgan fingerprint density at radius 1 is 0.929 bits per heavy atom. The summed E-state index contributed by atoms with van der Waals surface area (Å²) in [6.07, 6.45) is 0. The Morgan fingerprint density at radius 3 is 2.36 bits per heavy atom. The third-order valence-corrected chi connectivity index (χ3v) is 5.40. The lowest BCUT2D eigenvalue weighted by atomic mass is 9.98. The fourth-order valence-corrected chi connectivity index (χ4v) is 3.70. The molecule has 0 aliphatic rings. The zero-order valence-electron chi connectivity index (χ0n) is 15.7. The molecule has 6 heteroatoms. The monoisotopic (exact) mass is 391 g/mol. The van der Waals surface area contributed by atoms with Crippen LogP contribution in [0.15, 0.2) is 76.5 Å². The first-order valence-electron chi connectivity index (χ1n) is 9.07. The van der Waals surface area contributed by atoms with Crippen molar-refractivity contribution in [2.45, 2.75) is 19.0 Å². The van der Waals surface area contributed by atoms with Gasteiger partial charge in [0.1, 0.15) is 5.75 Å². The second kappa shape index (κ2) is 8.37. The first-order valence-corrected chi connectivity index (χ1v) is 9.95. The van der Waals surface area contributed by atoms with E-state index >= 15 is 0 Å². The van der Waals surface area contributed by atoms with Gasteiger partial charge in [-0.1, -0.05) is 48.5 Å². The Hall–Kier alpha value is -2.96. The molecule has 0 bridgehead atoms. The van der Waals surface area contributed by atoms with Crippen LogP contribution in [0.5, 0.6) is 5.75 Å². The van der Waals surface area contributed by atoms with Crippen molar-refractivity contribution >= 4 is 11.3 Å². The molecule has 28 heavy (non-hydrogen) atoms. The summed E-state index contributed by atoms with van der Waals surface area (Å²) in [5, 5.41) is 14.1. The molecule has 2 atom stereocenters. The normalized spacial score (nSPS) is 13.2. The molecule has 2 unspecified atom stereocenters. The molecule has 0 aliphatic carbocycles. The molecule has 1 N–H and O–H groups in total. The average Bonchev–Trinajstić information content (AvgIpc) is 3.44. The van der Waals surface area contributed by atoms with Gasteiger partial charge in [0.05, 0.1) is 24.1 Å². The summed E-state index contributed by atoms with van der Waals surface area (Å²) in [5.74, 6) is 1.96. The van der Waals surface area contributed by atoms with Crippen LogP contribution in [0.1, 0.15) is 36.0 Å². The lowest BCUT2D eigenvalue weighted by molar-refractivity contribution is 0.402. The van der Waals surface area contributed by atoms with Crippen LogP contribution >= 0.6 is 11.3 Å². The minimum Gasteiger partial charge on any atom is -0.497 e. The molecule has 0 spiro atoms. The zero-order valence-corrected chi connectivity index (χ0v) is 16.5. The molecule has 5 nitrogen and oxygen atoms in total. The number of ether oxygens (including phenoxy) is 1. The van der Waals surface area contributed by atoms with Crippen molar-refractivity contribution in [3.8, 4) is 16.5 Å². The fourth-order valence-electron chi connectivity index (χ4n) is 3.06. The van der Waals surface area contributed by atoms with Crippen LogP contribution in [0, 0.1) is 0 Å². The van der Waals surface area contributed by atoms with Gasteiger partial charge in [0, 0.05) is 0 Å². The number of nitrogens with zero attached hydrogens (tertiary/aromatic N) is 2. The SMILES string of the molecule is COc1ccc(C(NC(C)c2nnc(-c3cccs3)o2)c2ccccc2)cc1. The minimum absolute atomic E-state index is 0.0146. The van der Waals surface area contributed by atoms with E-state index in [1.54, 1.807) is 18.4 Å². The van der Waals surface area contributed by atoms with E-state index in [2.05, 4.69) is 39.8 Å². The van der Waals surface area contributed by atoms with E-state index in [4.69, 9.17) is 9.15 Å². The second-order valence-electron chi connectivity index (χ2n) is 6.43. The van der Waals surface area contributed by atoms with Crippen molar-refractivity contribution in [2.75, 3.05) is 7.11 Å². The van der Waals surface area contributed by atoms with Crippen LogP contribution in [-0.2, 0) is 0 Å². The fraction of sp³-hybridized carbons (Fsp3) is 0.182.